The van der Waals surface area contributed by atoms with E-state index in [0.29, 0.717) is 31.0 Å². The van der Waals surface area contributed by atoms with Gasteiger partial charge in [0.05, 0.1) is 5.69 Å². The van der Waals surface area contributed by atoms with Gasteiger partial charge in [-0.15, -0.1) is 0 Å². The number of amides is 1. The second kappa shape index (κ2) is 6.88. The van der Waals surface area contributed by atoms with Gasteiger partial charge in [0.1, 0.15) is 5.69 Å². The number of nitrogens with two attached hydrogens (primary N) is 1. The summed E-state index contributed by atoms with van der Waals surface area (Å²) in [6.45, 7) is 1.85. The number of nitrogens with one attached hydrogen (secondary N) is 2. The average molecular weight is 366 g/mol. The Morgan fingerprint density at radius 3 is 2.93 bits per heavy atom. The zero-order valence-corrected chi connectivity index (χ0v) is 15.1. The van der Waals surface area contributed by atoms with Crippen molar-refractivity contribution in [1.29, 1.82) is 0 Å². The van der Waals surface area contributed by atoms with Gasteiger partial charge >= 0.3 is 0 Å². The number of H-pyrrole nitrogens is 2. The van der Waals surface area contributed by atoms with Crippen LogP contribution < -0.4 is 11.3 Å². The van der Waals surface area contributed by atoms with Crippen molar-refractivity contribution in [3.05, 3.63) is 58.1 Å². The first-order valence-corrected chi connectivity index (χ1v) is 8.92. The number of likely N-dealkylation sites (N-methyl/N-ethyl adjacent to an activating group) is 1. The van der Waals surface area contributed by atoms with Gasteiger partial charge < -0.3 is 15.6 Å². The van der Waals surface area contributed by atoms with E-state index in [1.807, 2.05) is 42.3 Å². The van der Waals surface area contributed by atoms with Crippen molar-refractivity contribution in [2.45, 2.75) is 19.0 Å². The Morgan fingerprint density at radius 2 is 2.15 bits per heavy atom. The van der Waals surface area contributed by atoms with E-state index in [2.05, 4.69) is 19.9 Å². The van der Waals surface area contributed by atoms with Gasteiger partial charge in [-0.1, -0.05) is 18.2 Å². The van der Waals surface area contributed by atoms with Gasteiger partial charge in [-0.3, -0.25) is 19.5 Å². The molecule has 1 aromatic carbocycles. The Labute approximate surface area is 156 Å². The van der Waals surface area contributed by atoms with Crippen LogP contribution in [0, 0.1) is 0 Å². The Morgan fingerprint density at radius 1 is 1.33 bits per heavy atom. The van der Waals surface area contributed by atoms with Gasteiger partial charge in [-0.25, -0.2) is 4.98 Å². The largest absolute Gasteiger partial charge is 0.369 e. The van der Waals surface area contributed by atoms with Gasteiger partial charge in [0, 0.05) is 42.6 Å². The second-order valence-electron chi connectivity index (χ2n) is 7.00. The number of benzene rings is 1. The van der Waals surface area contributed by atoms with Crippen molar-refractivity contribution in [2.24, 2.45) is 0 Å². The molecule has 1 aliphatic rings. The third-order valence-electron chi connectivity index (χ3n) is 5.06. The number of para-hydroxylation sites is 1. The molecule has 0 radical (unpaired) electrons. The molecule has 4 rings (SSSR count). The first kappa shape index (κ1) is 17.3. The summed E-state index contributed by atoms with van der Waals surface area (Å²) in [5, 5.41) is 1.03. The van der Waals surface area contributed by atoms with E-state index in [0.717, 1.165) is 17.3 Å². The molecular formula is C19H22N6O2. The predicted molar refractivity (Wildman–Crippen MR) is 103 cm³/mol. The van der Waals surface area contributed by atoms with Gasteiger partial charge in [-0.2, -0.15) is 0 Å². The molecular weight excluding hydrogens is 344 g/mol. The smallest absolute Gasteiger partial charge is 0.270 e. The Kier molecular flexibility index (Phi) is 4.41. The number of aromatic amines is 2. The molecule has 0 spiro atoms. The zero-order valence-electron chi connectivity index (χ0n) is 15.1. The lowest BCUT2D eigenvalue weighted by Crippen LogP contribution is -2.36. The maximum atomic E-state index is 12.8. The van der Waals surface area contributed by atoms with Crippen molar-refractivity contribution in [2.75, 3.05) is 25.9 Å². The number of hydrogen-bond acceptors (Lipinski definition) is 5. The molecule has 8 heteroatoms. The topological polar surface area (TPSA) is 111 Å². The number of nitrogen functional groups attached to an aromatic ring is 1. The van der Waals surface area contributed by atoms with E-state index in [1.165, 1.54) is 6.07 Å². The van der Waals surface area contributed by atoms with Crippen LogP contribution in [0.15, 0.2) is 41.2 Å². The third kappa shape index (κ3) is 3.56. The first-order valence-electron chi connectivity index (χ1n) is 8.92. The lowest BCUT2D eigenvalue weighted by atomic mass is 10.2. The molecule has 1 saturated heterocycles. The van der Waals surface area contributed by atoms with Gasteiger partial charge in [0.15, 0.2) is 0 Å². The van der Waals surface area contributed by atoms with Crippen LogP contribution in [0.4, 0.5) is 5.95 Å². The number of aromatic nitrogens is 3. The number of carbonyl (C=O) groups is 1. The number of hydrogen-bond donors (Lipinski definition) is 3. The van der Waals surface area contributed by atoms with Crippen LogP contribution in [-0.4, -0.2) is 56.8 Å². The number of nitrogens with zero attached hydrogens (tertiary/aromatic N) is 3. The summed E-state index contributed by atoms with van der Waals surface area (Å²) >= 11 is 0. The van der Waals surface area contributed by atoms with Crippen molar-refractivity contribution >= 4 is 22.8 Å². The maximum Gasteiger partial charge on any atom is 0.270 e. The molecule has 8 nitrogen and oxygen atoms in total. The second-order valence-corrected chi connectivity index (χ2v) is 7.00. The van der Waals surface area contributed by atoms with E-state index in [1.54, 1.807) is 0 Å². The molecule has 1 unspecified atom stereocenters. The van der Waals surface area contributed by atoms with Crippen LogP contribution in [0.25, 0.3) is 10.9 Å². The molecule has 3 aromatic rings. The van der Waals surface area contributed by atoms with E-state index in [9.17, 15) is 9.59 Å². The lowest BCUT2D eigenvalue weighted by molar-refractivity contribution is 0.0774. The molecule has 1 atom stereocenters. The van der Waals surface area contributed by atoms with Crippen molar-refractivity contribution < 1.29 is 4.79 Å². The van der Waals surface area contributed by atoms with Gasteiger partial charge in [-0.05, 0) is 25.6 Å². The number of rotatable bonds is 4. The Balaban J connectivity index is 1.43. The summed E-state index contributed by atoms with van der Waals surface area (Å²) in [5.41, 5.74) is 7.55. The number of likely N-dealkylation sites (tertiary alicyclic amines) is 1. The Bertz CT molecular complexity index is 1010. The molecule has 0 aliphatic carbocycles. The summed E-state index contributed by atoms with van der Waals surface area (Å²) in [4.78, 5) is 38.2. The fraction of sp³-hybridized carbons (Fsp3) is 0.316. The molecule has 140 valence electrons. The average Bonchev–Trinajstić information content (AvgIpc) is 3.27. The summed E-state index contributed by atoms with van der Waals surface area (Å²) in [6, 6.07) is 11.4. The fourth-order valence-corrected chi connectivity index (χ4v) is 3.64. The van der Waals surface area contributed by atoms with Crippen LogP contribution >= 0.6 is 0 Å². The van der Waals surface area contributed by atoms with Crippen LogP contribution in [-0.2, 0) is 6.54 Å². The highest BCUT2D eigenvalue weighted by Crippen LogP contribution is 2.21. The summed E-state index contributed by atoms with van der Waals surface area (Å²) in [6.07, 6.45) is 0.876. The standard InChI is InChI=1S/C19H22N6O2/c1-24(10-13-9-17(26)23-19(20)21-13)14-6-7-25(11-14)18(27)16-8-12-4-2-3-5-15(12)22-16/h2-5,8-9,14,22H,6-7,10-11H2,1H3,(H3,20,21,23,26). The number of carbonyl (C=O) groups excluding carboxylic acids is 1. The minimum absolute atomic E-state index is 0.0145. The molecule has 3 heterocycles. The summed E-state index contributed by atoms with van der Waals surface area (Å²) in [7, 11) is 1.97. The van der Waals surface area contributed by atoms with Crippen molar-refractivity contribution in [1.82, 2.24) is 24.8 Å². The minimum Gasteiger partial charge on any atom is -0.369 e. The molecule has 2 aromatic heterocycles. The zero-order chi connectivity index (χ0) is 19.0. The highest BCUT2D eigenvalue weighted by molar-refractivity contribution is 5.98. The lowest BCUT2D eigenvalue weighted by Gasteiger charge is -2.24. The number of fused-ring (bicyclic) bond motifs is 1. The van der Waals surface area contributed by atoms with E-state index < -0.39 is 0 Å². The minimum atomic E-state index is -0.257. The van der Waals surface area contributed by atoms with Crippen LogP contribution in [0.2, 0.25) is 0 Å². The molecule has 1 aliphatic heterocycles. The Hall–Kier alpha value is -3.13. The summed E-state index contributed by atoms with van der Waals surface area (Å²) < 4.78 is 0. The number of anilines is 1. The molecule has 1 fully saturated rings. The molecule has 1 amide bonds. The normalized spacial score (nSPS) is 17.1. The quantitative estimate of drug-likeness (QED) is 0.642. The predicted octanol–water partition coefficient (Wildman–Crippen LogP) is 1.18. The summed E-state index contributed by atoms with van der Waals surface area (Å²) in [5.74, 6) is 0.133. The van der Waals surface area contributed by atoms with Gasteiger partial charge in [0.25, 0.3) is 11.5 Å². The highest BCUT2D eigenvalue weighted by atomic mass is 16.2. The van der Waals surface area contributed by atoms with E-state index >= 15 is 0 Å². The monoisotopic (exact) mass is 366 g/mol. The molecule has 0 saturated carbocycles. The third-order valence-corrected chi connectivity index (χ3v) is 5.06. The first-order chi connectivity index (χ1) is 13.0. The van der Waals surface area contributed by atoms with Crippen molar-refractivity contribution in [3.8, 4) is 0 Å². The highest BCUT2D eigenvalue weighted by Gasteiger charge is 2.30. The van der Waals surface area contributed by atoms with Crippen LogP contribution in [0.3, 0.4) is 0 Å². The van der Waals surface area contributed by atoms with Crippen LogP contribution in [0.1, 0.15) is 22.6 Å². The van der Waals surface area contributed by atoms with E-state index in [4.69, 9.17) is 5.73 Å². The SMILES string of the molecule is CN(Cc1cc(=O)[nH]c(N)n1)C1CCN(C(=O)c2cc3ccccc3[nH]2)C1. The van der Waals surface area contributed by atoms with Gasteiger partial charge in [0.2, 0.25) is 5.95 Å². The molecule has 0 bridgehead atoms. The van der Waals surface area contributed by atoms with Crippen LogP contribution in [0.5, 0.6) is 0 Å². The fourth-order valence-electron chi connectivity index (χ4n) is 3.64. The molecule has 4 N–H and O–H groups in total. The van der Waals surface area contributed by atoms with E-state index in [-0.39, 0.29) is 23.5 Å². The van der Waals surface area contributed by atoms with Crippen molar-refractivity contribution in [3.63, 3.8) is 0 Å². The molecule has 27 heavy (non-hydrogen) atoms. The maximum absolute atomic E-state index is 12.8.